The first-order chi connectivity index (χ1) is 13.4. The maximum absolute atomic E-state index is 11.7. The Kier molecular flexibility index (Phi) is 10.8. The second kappa shape index (κ2) is 12.5. The van der Waals surface area contributed by atoms with E-state index in [-0.39, 0.29) is 0 Å². The van der Waals surface area contributed by atoms with Crippen LogP contribution in [0.4, 0.5) is 5.69 Å². The zero-order chi connectivity index (χ0) is 21.0. The highest BCUT2D eigenvalue weighted by Crippen LogP contribution is 2.23. The van der Waals surface area contributed by atoms with Crippen molar-refractivity contribution in [2.45, 2.75) is 45.7 Å². The van der Waals surface area contributed by atoms with E-state index in [9.17, 15) is 14.7 Å². The smallest absolute Gasteiger partial charge is 0.481 e. The number of carbonyl (C=O) groups is 2. The van der Waals surface area contributed by atoms with E-state index in [1.54, 1.807) is 29.2 Å². The van der Waals surface area contributed by atoms with Crippen LogP contribution in [0.25, 0.3) is 0 Å². The third kappa shape index (κ3) is 7.59. The molecule has 28 heavy (non-hydrogen) atoms. The molecule has 0 heterocycles. The third-order valence-corrected chi connectivity index (χ3v) is 7.24. The number of anilines is 1. The number of rotatable bonds is 15. The minimum atomic E-state index is -2.85. The Labute approximate surface area is 167 Å². The van der Waals surface area contributed by atoms with Crippen molar-refractivity contribution in [2.24, 2.45) is 0 Å². The minimum absolute atomic E-state index is 0.343. The largest absolute Gasteiger partial charge is 0.500 e. The molecule has 1 aromatic carbocycles. The molecule has 0 aliphatic rings. The summed E-state index contributed by atoms with van der Waals surface area (Å²) in [7, 11) is -2.85. The van der Waals surface area contributed by atoms with Gasteiger partial charge in [0.2, 0.25) is 0 Å². The number of carboxylic acids is 2. The van der Waals surface area contributed by atoms with Crippen LogP contribution in [0.2, 0.25) is 6.04 Å². The summed E-state index contributed by atoms with van der Waals surface area (Å²) in [5.74, 6) is -2.33. The predicted octanol–water partition coefficient (Wildman–Crippen LogP) is 2.86. The van der Waals surface area contributed by atoms with Gasteiger partial charge in [0.1, 0.15) is 6.04 Å². The van der Waals surface area contributed by atoms with E-state index >= 15 is 0 Å². The number of hydrogen-bond acceptors (Lipinski definition) is 6. The molecule has 1 rings (SSSR count). The molecular weight excluding hydrogens is 382 g/mol. The van der Waals surface area contributed by atoms with Crippen LogP contribution in [-0.2, 0) is 22.9 Å². The summed E-state index contributed by atoms with van der Waals surface area (Å²) in [6.07, 6.45) is 0.0553. The Hall–Kier alpha value is -1.94. The van der Waals surface area contributed by atoms with E-state index < -0.39 is 33.2 Å². The molecule has 8 nitrogen and oxygen atoms in total. The molecule has 0 amide bonds. The number of nitrogens with zero attached hydrogens (tertiary/aromatic N) is 1. The molecule has 2 N–H and O–H groups in total. The van der Waals surface area contributed by atoms with Gasteiger partial charge >= 0.3 is 20.7 Å². The van der Waals surface area contributed by atoms with Crippen LogP contribution in [0, 0.1) is 0 Å². The lowest BCUT2D eigenvalue weighted by Crippen LogP contribution is -2.48. The Bertz CT molecular complexity index is 582. The van der Waals surface area contributed by atoms with Crippen LogP contribution >= 0.6 is 0 Å². The number of aliphatic carboxylic acids is 2. The molecule has 0 fully saturated rings. The van der Waals surface area contributed by atoms with E-state index in [1.165, 1.54) is 0 Å². The quantitative estimate of drug-likeness (QED) is 0.423. The van der Waals surface area contributed by atoms with Gasteiger partial charge in [-0.2, -0.15) is 0 Å². The standard InChI is InChI=1S/C19H31NO7Si/c1-4-25-28(26-5-2,27-6-3)14-10-13-20(16-11-8-7-9-12-16)17(19(23)24)15-18(21)22/h7-9,11-12,17H,4-6,10,13-15H2,1-3H3,(H,21,22)(H,23,24)/t17-/m0/s1. The highest BCUT2D eigenvalue weighted by Gasteiger charge is 2.40. The van der Waals surface area contributed by atoms with Gasteiger partial charge in [-0.3, -0.25) is 4.79 Å². The van der Waals surface area contributed by atoms with E-state index in [2.05, 4.69) is 0 Å². The molecule has 0 aliphatic heterocycles. The maximum atomic E-state index is 11.7. The van der Waals surface area contributed by atoms with Gasteiger partial charge in [0.05, 0.1) is 6.42 Å². The summed E-state index contributed by atoms with van der Waals surface area (Å²) in [4.78, 5) is 24.6. The van der Waals surface area contributed by atoms with Crippen LogP contribution in [-0.4, -0.2) is 63.4 Å². The van der Waals surface area contributed by atoms with Crippen molar-refractivity contribution < 1.29 is 33.1 Å². The van der Waals surface area contributed by atoms with Gasteiger partial charge in [0.15, 0.2) is 0 Å². The Morgan fingerprint density at radius 3 is 1.96 bits per heavy atom. The second-order valence-corrected chi connectivity index (χ2v) is 8.80. The molecule has 0 saturated heterocycles. The fourth-order valence-corrected chi connectivity index (χ4v) is 5.64. The molecule has 0 radical (unpaired) electrons. The zero-order valence-electron chi connectivity index (χ0n) is 16.8. The molecule has 0 spiro atoms. The normalized spacial score (nSPS) is 12.5. The van der Waals surface area contributed by atoms with E-state index in [4.69, 9.17) is 18.4 Å². The van der Waals surface area contributed by atoms with Crippen molar-refractivity contribution >= 4 is 26.4 Å². The summed E-state index contributed by atoms with van der Waals surface area (Å²) >= 11 is 0. The fraction of sp³-hybridized carbons (Fsp3) is 0.579. The summed E-state index contributed by atoms with van der Waals surface area (Å²) in [5.41, 5.74) is 0.660. The van der Waals surface area contributed by atoms with Crippen LogP contribution in [0.3, 0.4) is 0 Å². The van der Waals surface area contributed by atoms with Crippen molar-refractivity contribution in [2.75, 3.05) is 31.3 Å². The predicted molar refractivity (Wildman–Crippen MR) is 108 cm³/mol. The number of benzene rings is 1. The number of para-hydroxylation sites is 1. The van der Waals surface area contributed by atoms with Crippen LogP contribution < -0.4 is 4.90 Å². The van der Waals surface area contributed by atoms with Crippen LogP contribution in [0.5, 0.6) is 0 Å². The van der Waals surface area contributed by atoms with Gasteiger partial charge in [-0.05, 0) is 39.3 Å². The van der Waals surface area contributed by atoms with Gasteiger partial charge < -0.3 is 28.4 Å². The molecule has 9 heteroatoms. The van der Waals surface area contributed by atoms with Crippen molar-refractivity contribution in [3.63, 3.8) is 0 Å². The molecule has 0 bridgehead atoms. The molecule has 1 atom stereocenters. The lowest BCUT2D eigenvalue weighted by Gasteiger charge is -2.32. The topological polar surface area (TPSA) is 106 Å². The Morgan fingerprint density at radius 2 is 1.54 bits per heavy atom. The molecular formula is C19H31NO7Si. The molecule has 1 aromatic rings. The van der Waals surface area contributed by atoms with Crippen LogP contribution in [0.1, 0.15) is 33.6 Å². The van der Waals surface area contributed by atoms with Crippen molar-refractivity contribution in [3.8, 4) is 0 Å². The van der Waals surface area contributed by atoms with Crippen molar-refractivity contribution in [3.05, 3.63) is 30.3 Å². The van der Waals surface area contributed by atoms with E-state index in [1.807, 2.05) is 26.8 Å². The third-order valence-electron chi connectivity index (χ3n) is 4.09. The Morgan fingerprint density at radius 1 is 1.00 bits per heavy atom. The Balaban J connectivity index is 2.99. The van der Waals surface area contributed by atoms with E-state index in [0.29, 0.717) is 44.5 Å². The summed E-state index contributed by atoms with van der Waals surface area (Å²) in [6.45, 7) is 7.37. The fourth-order valence-electron chi connectivity index (χ4n) is 3.05. The number of hydrogen-bond donors (Lipinski definition) is 2. The highest BCUT2D eigenvalue weighted by atomic mass is 28.4. The summed E-state index contributed by atoms with van der Waals surface area (Å²) < 4.78 is 17.5. The first-order valence-corrected chi connectivity index (χ1v) is 11.5. The second-order valence-electron chi connectivity index (χ2n) is 6.07. The molecule has 0 saturated carbocycles. The first-order valence-electron chi connectivity index (χ1n) is 9.57. The highest BCUT2D eigenvalue weighted by molar-refractivity contribution is 6.60. The van der Waals surface area contributed by atoms with E-state index in [0.717, 1.165) is 0 Å². The SMILES string of the molecule is CCO[Si](CCCN(c1ccccc1)[C@@H](CC(=O)O)C(=O)O)(OCC)OCC. The monoisotopic (exact) mass is 413 g/mol. The lowest BCUT2D eigenvalue weighted by atomic mass is 10.1. The minimum Gasteiger partial charge on any atom is -0.481 e. The molecule has 0 unspecified atom stereocenters. The molecule has 0 aliphatic carbocycles. The van der Waals surface area contributed by atoms with Crippen molar-refractivity contribution in [1.29, 1.82) is 0 Å². The first kappa shape index (κ1) is 24.1. The molecule has 158 valence electrons. The van der Waals surface area contributed by atoms with Gasteiger partial charge in [0.25, 0.3) is 0 Å². The lowest BCUT2D eigenvalue weighted by molar-refractivity contribution is -0.145. The maximum Gasteiger partial charge on any atom is 0.500 e. The average molecular weight is 414 g/mol. The average Bonchev–Trinajstić information content (AvgIpc) is 2.65. The summed E-state index contributed by atoms with van der Waals surface area (Å²) in [5, 5.41) is 18.7. The van der Waals surface area contributed by atoms with Crippen molar-refractivity contribution in [1.82, 2.24) is 0 Å². The van der Waals surface area contributed by atoms with Gasteiger partial charge in [0, 0.05) is 38.1 Å². The van der Waals surface area contributed by atoms with Gasteiger partial charge in [-0.1, -0.05) is 18.2 Å². The van der Waals surface area contributed by atoms with Gasteiger partial charge in [-0.25, -0.2) is 4.79 Å². The summed E-state index contributed by atoms with van der Waals surface area (Å²) in [6, 6.07) is 8.31. The molecule has 0 aromatic heterocycles. The van der Waals surface area contributed by atoms with Gasteiger partial charge in [-0.15, -0.1) is 0 Å². The number of carboxylic acid groups (broad SMARTS) is 2. The van der Waals surface area contributed by atoms with Crippen LogP contribution in [0.15, 0.2) is 30.3 Å². The zero-order valence-corrected chi connectivity index (χ0v) is 17.8.